The molecule has 0 atom stereocenters. The summed E-state index contributed by atoms with van der Waals surface area (Å²) in [5.41, 5.74) is 1.95. The van der Waals surface area contributed by atoms with Crippen LogP contribution in [0, 0.1) is 0 Å². The number of benzene rings is 1. The highest BCUT2D eigenvalue weighted by Crippen LogP contribution is 2.20. The van der Waals surface area contributed by atoms with Crippen LogP contribution in [0.2, 0.25) is 0 Å². The highest BCUT2D eigenvalue weighted by Gasteiger charge is 2.00. The van der Waals surface area contributed by atoms with Crippen molar-refractivity contribution in [3.63, 3.8) is 0 Å². The van der Waals surface area contributed by atoms with Gasteiger partial charge in [0.2, 0.25) is 0 Å². The number of nitrogens with zero attached hydrogens (tertiary/aromatic N) is 2. The molecule has 2 heterocycles. The molecular weight excluding hydrogens is 238 g/mol. The smallest absolute Gasteiger partial charge is 0.0964 e. The Balaban J connectivity index is 0.000000459. The first kappa shape index (κ1) is 13.3. The lowest BCUT2D eigenvalue weighted by molar-refractivity contribution is 0.311. The molecule has 0 unspecified atom stereocenters. The van der Waals surface area contributed by atoms with Crippen LogP contribution >= 0.6 is 12.4 Å². The SMILES string of the molecule is Cl.NO.c1cnc2c(c1)ccc1cccnc12. The maximum Gasteiger partial charge on any atom is 0.0964 e. The molecule has 0 saturated heterocycles. The van der Waals surface area contributed by atoms with E-state index < -0.39 is 0 Å². The molecular formula is C12H12ClN3O. The fourth-order valence-electron chi connectivity index (χ4n) is 1.68. The molecule has 0 saturated carbocycles. The number of hydrogen-bond acceptors (Lipinski definition) is 4. The Kier molecular flexibility index (Phi) is 4.78. The Morgan fingerprint density at radius 2 is 1.18 bits per heavy atom. The molecule has 17 heavy (non-hydrogen) atoms. The van der Waals surface area contributed by atoms with Crippen molar-refractivity contribution < 1.29 is 5.21 Å². The van der Waals surface area contributed by atoms with E-state index in [0.29, 0.717) is 0 Å². The molecule has 0 aliphatic carbocycles. The topological polar surface area (TPSA) is 72.0 Å². The molecule has 0 spiro atoms. The minimum absolute atomic E-state index is 0. The van der Waals surface area contributed by atoms with Gasteiger partial charge in [-0.05, 0) is 12.1 Å². The average molecular weight is 250 g/mol. The summed E-state index contributed by atoms with van der Waals surface area (Å²) in [6.45, 7) is 0. The van der Waals surface area contributed by atoms with E-state index in [4.69, 9.17) is 5.21 Å². The maximum atomic E-state index is 6.50. The summed E-state index contributed by atoms with van der Waals surface area (Å²) < 4.78 is 0. The maximum absolute atomic E-state index is 6.50. The second kappa shape index (κ2) is 6.10. The first-order valence-electron chi connectivity index (χ1n) is 4.79. The lowest BCUT2D eigenvalue weighted by atomic mass is 10.1. The van der Waals surface area contributed by atoms with Gasteiger partial charge < -0.3 is 5.21 Å². The molecule has 0 radical (unpaired) electrons. The van der Waals surface area contributed by atoms with Crippen molar-refractivity contribution in [3.05, 3.63) is 48.8 Å². The van der Waals surface area contributed by atoms with Gasteiger partial charge in [0, 0.05) is 23.2 Å². The molecule has 0 amide bonds. The first-order chi connectivity index (χ1) is 7.95. The third kappa shape index (κ3) is 2.50. The lowest BCUT2D eigenvalue weighted by Crippen LogP contribution is -1.83. The highest BCUT2D eigenvalue weighted by atomic mass is 35.5. The van der Waals surface area contributed by atoms with Gasteiger partial charge in [0.05, 0.1) is 11.0 Å². The molecule has 0 fully saturated rings. The predicted molar refractivity (Wildman–Crippen MR) is 70.3 cm³/mol. The van der Waals surface area contributed by atoms with Crippen molar-refractivity contribution in [1.29, 1.82) is 0 Å². The Labute approximate surface area is 104 Å². The van der Waals surface area contributed by atoms with Gasteiger partial charge in [0.1, 0.15) is 0 Å². The van der Waals surface area contributed by atoms with Crippen LogP contribution < -0.4 is 5.90 Å². The van der Waals surface area contributed by atoms with Gasteiger partial charge in [-0.1, -0.05) is 24.3 Å². The van der Waals surface area contributed by atoms with Crippen molar-refractivity contribution in [2.45, 2.75) is 0 Å². The second-order valence-electron chi connectivity index (χ2n) is 3.22. The normalized spacial score (nSPS) is 9.29. The summed E-state index contributed by atoms with van der Waals surface area (Å²) in [4.78, 5) is 8.69. The van der Waals surface area contributed by atoms with Crippen LogP contribution in [0.1, 0.15) is 0 Å². The van der Waals surface area contributed by atoms with E-state index in [1.807, 2.05) is 12.1 Å². The van der Waals surface area contributed by atoms with E-state index in [0.717, 1.165) is 21.8 Å². The third-order valence-corrected chi connectivity index (χ3v) is 2.34. The summed E-state index contributed by atoms with van der Waals surface area (Å²) in [5.74, 6) is 3.50. The van der Waals surface area contributed by atoms with Crippen LogP contribution in [-0.4, -0.2) is 15.2 Å². The van der Waals surface area contributed by atoms with Gasteiger partial charge in [0.25, 0.3) is 0 Å². The predicted octanol–water partition coefficient (Wildman–Crippen LogP) is 2.54. The summed E-state index contributed by atoms with van der Waals surface area (Å²) >= 11 is 0. The molecule has 5 heteroatoms. The summed E-state index contributed by atoms with van der Waals surface area (Å²) in [6.07, 6.45) is 3.60. The molecule has 3 N–H and O–H groups in total. The van der Waals surface area contributed by atoms with Gasteiger partial charge in [0.15, 0.2) is 0 Å². The molecule has 2 aromatic heterocycles. The van der Waals surface area contributed by atoms with Gasteiger partial charge >= 0.3 is 0 Å². The fourth-order valence-corrected chi connectivity index (χ4v) is 1.68. The summed E-state index contributed by atoms with van der Waals surface area (Å²) in [5, 5.41) is 8.78. The van der Waals surface area contributed by atoms with Crippen LogP contribution in [0.5, 0.6) is 0 Å². The number of aromatic nitrogens is 2. The highest BCUT2D eigenvalue weighted by molar-refractivity contribution is 6.02. The monoisotopic (exact) mass is 249 g/mol. The van der Waals surface area contributed by atoms with E-state index >= 15 is 0 Å². The van der Waals surface area contributed by atoms with Gasteiger partial charge in [-0.25, -0.2) is 5.90 Å². The molecule has 0 aliphatic heterocycles. The van der Waals surface area contributed by atoms with Crippen molar-refractivity contribution in [2.75, 3.05) is 0 Å². The second-order valence-corrected chi connectivity index (χ2v) is 3.22. The van der Waals surface area contributed by atoms with Crippen LogP contribution in [-0.2, 0) is 0 Å². The number of halogens is 1. The van der Waals surface area contributed by atoms with Crippen LogP contribution in [0.15, 0.2) is 48.8 Å². The lowest BCUT2D eigenvalue weighted by Gasteiger charge is -2.00. The zero-order valence-corrected chi connectivity index (χ0v) is 9.76. The number of pyridine rings is 2. The first-order valence-corrected chi connectivity index (χ1v) is 4.79. The van der Waals surface area contributed by atoms with Crippen molar-refractivity contribution in [3.8, 4) is 0 Å². The average Bonchev–Trinajstić information content (AvgIpc) is 2.41. The molecule has 0 bridgehead atoms. The van der Waals surface area contributed by atoms with E-state index in [1.54, 1.807) is 12.4 Å². The number of hydrogen-bond donors (Lipinski definition) is 2. The number of nitrogens with two attached hydrogens (primary N) is 1. The van der Waals surface area contributed by atoms with E-state index in [-0.39, 0.29) is 12.4 Å². The Morgan fingerprint density at radius 1 is 0.765 bits per heavy atom. The number of rotatable bonds is 0. The van der Waals surface area contributed by atoms with Crippen LogP contribution in [0.4, 0.5) is 0 Å². The van der Waals surface area contributed by atoms with E-state index in [2.05, 4.69) is 40.1 Å². The minimum Gasteiger partial charge on any atom is -0.320 e. The van der Waals surface area contributed by atoms with Gasteiger partial charge in [-0.2, -0.15) is 0 Å². The summed E-state index contributed by atoms with van der Waals surface area (Å²) in [7, 11) is 0. The Bertz CT molecular complexity index is 561. The fraction of sp³-hybridized carbons (Fsp3) is 0. The van der Waals surface area contributed by atoms with Gasteiger partial charge in [-0.3, -0.25) is 9.97 Å². The van der Waals surface area contributed by atoms with Crippen molar-refractivity contribution in [2.24, 2.45) is 5.90 Å². The summed E-state index contributed by atoms with van der Waals surface area (Å²) in [6, 6.07) is 12.1. The van der Waals surface area contributed by atoms with E-state index in [9.17, 15) is 0 Å². The molecule has 88 valence electrons. The Morgan fingerprint density at radius 3 is 1.59 bits per heavy atom. The largest absolute Gasteiger partial charge is 0.320 e. The quantitative estimate of drug-likeness (QED) is 0.474. The van der Waals surface area contributed by atoms with Crippen molar-refractivity contribution in [1.82, 2.24) is 9.97 Å². The van der Waals surface area contributed by atoms with Crippen LogP contribution in [0.3, 0.4) is 0 Å². The molecule has 3 rings (SSSR count). The zero-order chi connectivity index (χ0) is 11.4. The van der Waals surface area contributed by atoms with E-state index in [1.165, 1.54) is 0 Å². The number of fused-ring (bicyclic) bond motifs is 3. The molecule has 4 nitrogen and oxygen atoms in total. The van der Waals surface area contributed by atoms with Gasteiger partial charge in [-0.15, -0.1) is 12.4 Å². The van der Waals surface area contributed by atoms with Crippen LogP contribution in [0.25, 0.3) is 21.8 Å². The zero-order valence-electron chi connectivity index (χ0n) is 8.95. The Hall–Kier alpha value is -1.75. The molecule has 1 aromatic carbocycles. The standard InChI is InChI=1S/C12H8N2.ClH.H3NO/c1-3-9-5-6-10-4-2-8-14-12(10)11(9)13-7-1;;1-2/h1-8H;1H;2H,1H2. The minimum atomic E-state index is 0. The molecule has 3 aromatic rings. The van der Waals surface area contributed by atoms with Crippen molar-refractivity contribution >= 4 is 34.2 Å². The third-order valence-electron chi connectivity index (χ3n) is 2.34. The molecule has 0 aliphatic rings.